The number of hydrogen-bond acceptors (Lipinski definition) is 2. The first-order chi connectivity index (χ1) is 7.40. The standard InChI is InChI=1S/C12H16Cl2N2/c1-12(2,7-3-4-7)16-11-9(13)5-8(15)6-10(11)14/h5-7,16H,3-4,15H2,1-2H3. The van der Waals surface area contributed by atoms with E-state index < -0.39 is 0 Å². The van der Waals surface area contributed by atoms with Crippen LogP contribution in [-0.2, 0) is 0 Å². The second-order valence-corrected chi connectivity index (χ2v) is 5.79. The van der Waals surface area contributed by atoms with E-state index in [1.54, 1.807) is 12.1 Å². The highest BCUT2D eigenvalue weighted by molar-refractivity contribution is 6.39. The van der Waals surface area contributed by atoms with Crippen LogP contribution in [0, 0.1) is 5.92 Å². The van der Waals surface area contributed by atoms with Gasteiger partial charge < -0.3 is 11.1 Å². The van der Waals surface area contributed by atoms with Gasteiger partial charge in [-0.3, -0.25) is 0 Å². The molecule has 0 aliphatic heterocycles. The summed E-state index contributed by atoms with van der Waals surface area (Å²) < 4.78 is 0. The first-order valence-electron chi connectivity index (χ1n) is 5.43. The molecule has 4 heteroatoms. The van der Waals surface area contributed by atoms with Gasteiger partial charge >= 0.3 is 0 Å². The van der Waals surface area contributed by atoms with Crippen LogP contribution >= 0.6 is 23.2 Å². The average Bonchev–Trinajstić information content (AvgIpc) is 2.94. The lowest BCUT2D eigenvalue weighted by Gasteiger charge is -2.28. The number of nitrogen functional groups attached to an aromatic ring is 1. The highest BCUT2D eigenvalue weighted by atomic mass is 35.5. The van der Waals surface area contributed by atoms with E-state index in [1.807, 2.05) is 0 Å². The van der Waals surface area contributed by atoms with Crippen LogP contribution in [0.5, 0.6) is 0 Å². The smallest absolute Gasteiger partial charge is 0.0724 e. The van der Waals surface area contributed by atoms with Gasteiger partial charge in [0.1, 0.15) is 0 Å². The number of nitrogens with two attached hydrogens (primary N) is 1. The minimum absolute atomic E-state index is 0.0311. The predicted octanol–water partition coefficient (Wildman–Crippen LogP) is 4.18. The molecule has 0 unspecified atom stereocenters. The molecule has 0 saturated heterocycles. The molecule has 0 spiro atoms. The van der Waals surface area contributed by atoms with E-state index in [0.717, 1.165) is 5.69 Å². The molecular formula is C12H16Cl2N2. The summed E-state index contributed by atoms with van der Waals surface area (Å²) in [5.74, 6) is 0.706. The van der Waals surface area contributed by atoms with Crippen molar-refractivity contribution in [2.45, 2.75) is 32.2 Å². The minimum Gasteiger partial charge on any atom is -0.399 e. The third-order valence-corrected chi connectivity index (χ3v) is 3.71. The number of halogens is 2. The van der Waals surface area contributed by atoms with Crippen LogP contribution in [0.4, 0.5) is 11.4 Å². The van der Waals surface area contributed by atoms with Gasteiger partial charge in [0.05, 0.1) is 15.7 Å². The van der Waals surface area contributed by atoms with Crippen molar-refractivity contribution in [2.24, 2.45) is 5.92 Å². The maximum Gasteiger partial charge on any atom is 0.0724 e. The van der Waals surface area contributed by atoms with Crippen molar-refractivity contribution in [1.29, 1.82) is 0 Å². The van der Waals surface area contributed by atoms with Crippen molar-refractivity contribution in [3.8, 4) is 0 Å². The van der Waals surface area contributed by atoms with Gasteiger partial charge in [0.15, 0.2) is 0 Å². The van der Waals surface area contributed by atoms with E-state index in [1.165, 1.54) is 12.8 Å². The fourth-order valence-corrected chi connectivity index (χ4v) is 2.54. The Bertz CT molecular complexity index is 388. The fourth-order valence-electron chi connectivity index (χ4n) is 1.94. The Morgan fingerprint density at radius 2 is 1.75 bits per heavy atom. The van der Waals surface area contributed by atoms with Gasteiger partial charge in [0.25, 0.3) is 0 Å². The molecule has 1 aliphatic carbocycles. The molecule has 1 aliphatic rings. The molecule has 1 saturated carbocycles. The molecule has 0 heterocycles. The van der Waals surface area contributed by atoms with Crippen LogP contribution in [0.3, 0.4) is 0 Å². The van der Waals surface area contributed by atoms with E-state index in [0.29, 0.717) is 21.7 Å². The van der Waals surface area contributed by atoms with E-state index in [9.17, 15) is 0 Å². The van der Waals surface area contributed by atoms with Crippen molar-refractivity contribution in [3.05, 3.63) is 22.2 Å². The lowest BCUT2D eigenvalue weighted by Crippen LogP contribution is -2.33. The zero-order valence-electron chi connectivity index (χ0n) is 9.48. The molecular weight excluding hydrogens is 243 g/mol. The van der Waals surface area contributed by atoms with Crippen molar-refractivity contribution >= 4 is 34.6 Å². The van der Waals surface area contributed by atoms with E-state index in [-0.39, 0.29) is 5.54 Å². The molecule has 16 heavy (non-hydrogen) atoms. The lowest BCUT2D eigenvalue weighted by atomic mass is 9.98. The summed E-state index contributed by atoms with van der Waals surface area (Å²) in [4.78, 5) is 0. The van der Waals surface area contributed by atoms with Crippen molar-refractivity contribution in [1.82, 2.24) is 0 Å². The molecule has 88 valence electrons. The SMILES string of the molecule is CC(C)(Nc1c(Cl)cc(N)cc1Cl)C1CC1. The summed E-state index contributed by atoms with van der Waals surface area (Å²) in [5.41, 5.74) is 7.07. The zero-order chi connectivity index (χ0) is 11.9. The summed E-state index contributed by atoms with van der Waals surface area (Å²) >= 11 is 12.3. The van der Waals surface area contributed by atoms with Crippen LogP contribution in [0.1, 0.15) is 26.7 Å². The predicted molar refractivity (Wildman–Crippen MR) is 71.3 cm³/mol. The van der Waals surface area contributed by atoms with E-state index >= 15 is 0 Å². The molecule has 0 amide bonds. The molecule has 3 N–H and O–H groups in total. The molecule has 0 atom stereocenters. The van der Waals surface area contributed by atoms with Gasteiger partial charge in [-0.1, -0.05) is 23.2 Å². The Balaban J connectivity index is 2.27. The second kappa shape index (κ2) is 4.01. The van der Waals surface area contributed by atoms with Crippen molar-refractivity contribution in [3.63, 3.8) is 0 Å². The van der Waals surface area contributed by atoms with Crippen LogP contribution in [0.15, 0.2) is 12.1 Å². The van der Waals surface area contributed by atoms with Crippen LogP contribution in [0.2, 0.25) is 10.0 Å². The highest BCUT2D eigenvalue weighted by Gasteiger charge is 2.38. The largest absolute Gasteiger partial charge is 0.399 e. The Kier molecular flexibility index (Phi) is 2.97. The number of benzene rings is 1. The molecule has 2 nitrogen and oxygen atoms in total. The fraction of sp³-hybridized carbons (Fsp3) is 0.500. The zero-order valence-corrected chi connectivity index (χ0v) is 11.0. The summed E-state index contributed by atoms with van der Waals surface area (Å²) in [6.07, 6.45) is 2.54. The maximum absolute atomic E-state index is 6.14. The van der Waals surface area contributed by atoms with Gasteiger partial charge in [-0.25, -0.2) is 0 Å². The molecule has 2 rings (SSSR count). The molecule has 0 radical (unpaired) electrons. The molecule has 0 aromatic heterocycles. The Labute approximate surface area is 106 Å². The Hall–Kier alpha value is -0.600. The van der Waals surface area contributed by atoms with Gasteiger partial charge in [0, 0.05) is 11.2 Å². The molecule has 1 aromatic rings. The molecule has 1 aromatic carbocycles. The normalized spacial score (nSPS) is 16.2. The molecule has 0 bridgehead atoms. The lowest BCUT2D eigenvalue weighted by molar-refractivity contribution is 0.494. The summed E-state index contributed by atoms with van der Waals surface area (Å²) in [6.45, 7) is 4.35. The third-order valence-electron chi connectivity index (χ3n) is 3.11. The topological polar surface area (TPSA) is 38.0 Å². The Morgan fingerprint density at radius 1 is 1.25 bits per heavy atom. The van der Waals surface area contributed by atoms with Crippen molar-refractivity contribution < 1.29 is 0 Å². The number of anilines is 2. The van der Waals surface area contributed by atoms with Gasteiger partial charge in [-0.05, 0) is 44.7 Å². The van der Waals surface area contributed by atoms with Gasteiger partial charge in [0.2, 0.25) is 0 Å². The van der Waals surface area contributed by atoms with Gasteiger partial charge in [-0.2, -0.15) is 0 Å². The monoisotopic (exact) mass is 258 g/mol. The number of rotatable bonds is 3. The third kappa shape index (κ3) is 2.38. The summed E-state index contributed by atoms with van der Waals surface area (Å²) in [6, 6.07) is 3.44. The summed E-state index contributed by atoms with van der Waals surface area (Å²) in [5, 5.41) is 4.59. The van der Waals surface area contributed by atoms with Crippen LogP contribution < -0.4 is 11.1 Å². The van der Waals surface area contributed by atoms with E-state index in [2.05, 4.69) is 19.2 Å². The highest BCUT2D eigenvalue weighted by Crippen LogP contribution is 2.43. The quantitative estimate of drug-likeness (QED) is 0.799. The van der Waals surface area contributed by atoms with E-state index in [4.69, 9.17) is 28.9 Å². The first kappa shape index (κ1) is 11.9. The molecule has 1 fully saturated rings. The minimum atomic E-state index is 0.0311. The van der Waals surface area contributed by atoms with Crippen LogP contribution in [-0.4, -0.2) is 5.54 Å². The van der Waals surface area contributed by atoms with Gasteiger partial charge in [-0.15, -0.1) is 0 Å². The average molecular weight is 259 g/mol. The Morgan fingerprint density at radius 3 is 2.19 bits per heavy atom. The number of hydrogen-bond donors (Lipinski definition) is 2. The second-order valence-electron chi connectivity index (χ2n) is 4.98. The maximum atomic E-state index is 6.14. The van der Waals surface area contributed by atoms with Crippen LogP contribution in [0.25, 0.3) is 0 Å². The van der Waals surface area contributed by atoms with Crippen molar-refractivity contribution in [2.75, 3.05) is 11.1 Å². The first-order valence-corrected chi connectivity index (χ1v) is 6.18. The summed E-state index contributed by atoms with van der Waals surface area (Å²) in [7, 11) is 0. The number of nitrogens with one attached hydrogen (secondary N) is 1.